The molecule has 180 valence electrons. The largest absolute Gasteiger partial charge is 0.487 e. The van der Waals surface area contributed by atoms with Crippen LogP contribution in [0.15, 0.2) is 48.7 Å². The third-order valence-electron chi connectivity index (χ3n) is 5.66. The van der Waals surface area contributed by atoms with Crippen LogP contribution >= 0.6 is 11.6 Å². The molecule has 0 radical (unpaired) electrons. The number of ether oxygens (including phenoxy) is 1. The van der Waals surface area contributed by atoms with E-state index >= 15 is 0 Å². The van der Waals surface area contributed by atoms with Crippen molar-refractivity contribution in [3.63, 3.8) is 0 Å². The molecule has 1 aliphatic rings. The number of aryl methyl sites for hydroxylation is 1. The highest BCUT2D eigenvalue weighted by atomic mass is 35.5. The molecule has 1 unspecified atom stereocenters. The van der Waals surface area contributed by atoms with E-state index in [1.807, 2.05) is 55.7 Å². The van der Waals surface area contributed by atoms with Gasteiger partial charge < -0.3 is 4.74 Å². The van der Waals surface area contributed by atoms with Crippen LogP contribution in [-0.4, -0.2) is 29.7 Å². The van der Waals surface area contributed by atoms with Crippen molar-refractivity contribution in [3.05, 3.63) is 70.5 Å². The maximum absolute atomic E-state index is 12.5. The van der Waals surface area contributed by atoms with Crippen molar-refractivity contribution in [2.45, 2.75) is 45.0 Å². The molecule has 35 heavy (non-hydrogen) atoms. The molecule has 1 N–H and O–H groups in total. The number of hydrogen-bond acceptors (Lipinski definition) is 4. The van der Waals surface area contributed by atoms with Gasteiger partial charge >= 0.3 is 0 Å². The van der Waals surface area contributed by atoms with Gasteiger partial charge in [-0.2, -0.15) is 5.10 Å². The molecule has 1 fully saturated rings. The maximum atomic E-state index is 12.5. The van der Waals surface area contributed by atoms with Gasteiger partial charge in [0, 0.05) is 30.8 Å². The molecule has 2 aromatic carbocycles. The predicted molar refractivity (Wildman–Crippen MR) is 140 cm³/mol. The normalized spacial score (nSPS) is 15.9. The Kier molecular flexibility index (Phi) is 7.15. The van der Waals surface area contributed by atoms with Crippen LogP contribution in [-0.2, 0) is 23.2 Å². The minimum atomic E-state index is -1.63. The number of piperidine rings is 1. The van der Waals surface area contributed by atoms with Crippen molar-refractivity contribution in [1.29, 1.82) is 0 Å². The lowest BCUT2D eigenvalue weighted by Gasteiger charge is -2.23. The Morgan fingerprint density at radius 3 is 2.51 bits per heavy atom. The van der Waals surface area contributed by atoms with E-state index in [1.165, 1.54) is 0 Å². The molecule has 2 amide bonds. The fourth-order valence-corrected chi connectivity index (χ4v) is 4.82. The Hall–Kier alpha value is -3.34. The van der Waals surface area contributed by atoms with E-state index in [0.29, 0.717) is 35.8 Å². The number of nitrogens with one attached hydrogen (secondary N) is 1. The summed E-state index contributed by atoms with van der Waals surface area (Å²) in [5.74, 6) is 3.02. The van der Waals surface area contributed by atoms with E-state index in [4.69, 9.17) is 16.3 Å². The molecule has 0 aliphatic carbocycles. The summed E-state index contributed by atoms with van der Waals surface area (Å²) in [7, 11) is 0.239. The molecule has 0 saturated carbocycles. The van der Waals surface area contributed by atoms with Crippen LogP contribution in [0.3, 0.4) is 0 Å². The number of imide groups is 1. The third kappa shape index (κ3) is 6.02. The van der Waals surface area contributed by atoms with Crippen LogP contribution in [0.4, 0.5) is 0 Å². The van der Waals surface area contributed by atoms with Gasteiger partial charge in [0.1, 0.15) is 20.4 Å². The number of rotatable bonds is 5. The first kappa shape index (κ1) is 24.8. The molecule has 1 aliphatic heterocycles. The van der Waals surface area contributed by atoms with Crippen LogP contribution < -0.4 is 10.1 Å². The van der Waals surface area contributed by atoms with Crippen molar-refractivity contribution in [2.24, 2.45) is 7.05 Å². The smallest absolute Gasteiger partial charge is 0.234 e. The van der Waals surface area contributed by atoms with Crippen molar-refractivity contribution in [3.8, 4) is 28.3 Å². The lowest BCUT2D eigenvalue weighted by atomic mass is 9.87. The molecule has 3 aromatic rings. The average molecular weight is 506 g/mol. The van der Waals surface area contributed by atoms with Crippen LogP contribution in [0, 0.1) is 11.5 Å². The summed E-state index contributed by atoms with van der Waals surface area (Å²) in [5.41, 5.74) is 7.46. The van der Waals surface area contributed by atoms with Crippen LogP contribution in [0.2, 0.25) is 24.7 Å². The first-order chi connectivity index (χ1) is 16.6. The average Bonchev–Trinajstić information content (AvgIpc) is 3.22. The minimum absolute atomic E-state index is 0.249. The van der Waals surface area contributed by atoms with E-state index in [2.05, 4.69) is 41.5 Å². The second-order valence-corrected chi connectivity index (χ2v) is 14.8. The summed E-state index contributed by atoms with van der Waals surface area (Å²) >= 11 is 6.95. The number of aromatic nitrogens is 2. The molecule has 2 heterocycles. The highest BCUT2D eigenvalue weighted by Gasteiger charge is 2.30. The molecule has 4 rings (SSSR count). The molecular formula is C27H28ClN3O3Si. The van der Waals surface area contributed by atoms with Crippen molar-refractivity contribution >= 4 is 31.5 Å². The zero-order valence-electron chi connectivity index (χ0n) is 20.3. The lowest BCUT2D eigenvalue weighted by molar-refractivity contribution is -0.134. The lowest BCUT2D eigenvalue weighted by Crippen LogP contribution is -2.39. The van der Waals surface area contributed by atoms with E-state index in [1.54, 1.807) is 4.68 Å². The number of benzene rings is 2. The summed E-state index contributed by atoms with van der Waals surface area (Å²) in [6.07, 6.45) is 2.61. The summed E-state index contributed by atoms with van der Waals surface area (Å²) < 4.78 is 7.61. The molecule has 1 atom stereocenters. The number of carbonyl (C=O) groups excluding carboxylic acids is 2. The second-order valence-electron chi connectivity index (χ2n) is 9.69. The summed E-state index contributed by atoms with van der Waals surface area (Å²) in [6, 6.07) is 13.4. The fraction of sp³-hybridized carbons (Fsp3) is 0.296. The summed E-state index contributed by atoms with van der Waals surface area (Å²) in [6.45, 7) is 6.94. The maximum Gasteiger partial charge on any atom is 0.234 e. The molecule has 6 nitrogen and oxygen atoms in total. The van der Waals surface area contributed by atoms with Crippen LogP contribution in [0.5, 0.6) is 5.75 Å². The third-order valence-corrected chi connectivity index (χ3v) is 6.94. The summed E-state index contributed by atoms with van der Waals surface area (Å²) in [4.78, 5) is 24.2. The number of carbonyl (C=O) groups is 2. The molecule has 1 aromatic heterocycles. The summed E-state index contributed by atoms with van der Waals surface area (Å²) in [5, 5.41) is 7.25. The van der Waals surface area contributed by atoms with Crippen molar-refractivity contribution in [1.82, 2.24) is 15.1 Å². The van der Waals surface area contributed by atoms with Gasteiger partial charge in [0.25, 0.3) is 0 Å². The number of hydrogen-bond donors (Lipinski definition) is 1. The standard InChI is InChI=1S/C27H28ClN3O3Si/c1-31-15-13-20(30-31)17-34-21-8-5-18(6-9-21)25-19(14-16-35(2,3)4)7-10-22(26(25)28)23-11-12-24(32)29-27(23)33/h5-10,13,15,23H,11-12,17H2,1-4H3,(H,29,32,33). The monoisotopic (exact) mass is 505 g/mol. The van der Waals surface area contributed by atoms with Gasteiger partial charge in [0.15, 0.2) is 0 Å². The zero-order valence-corrected chi connectivity index (χ0v) is 22.1. The Bertz CT molecular complexity index is 1330. The van der Waals surface area contributed by atoms with Gasteiger partial charge in [-0.1, -0.05) is 55.4 Å². The number of amides is 2. The molecule has 1 saturated heterocycles. The van der Waals surface area contributed by atoms with Gasteiger partial charge in [0.05, 0.1) is 16.6 Å². The Morgan fingerprint density at radius 1 is 1.14 bits per heavy atom. The molecular weight excluding hydrogens is 478 g/mol. The van der Waals surface area contributed by atoms with Crippen molar-refractivity contribution in [2.75, 3.05) is 0 Å². The zero-order chi connectivity index (χ0) is 25.2. The first-order valence-corrected chi connectivity index (χ1v) is 15.4. The van der Waals surface area contributed by atoms with Gasteiger partial charge in [-0.15, -0.1) is 5.54 Å². The SMILES string of the molecule is Cn1ccc(COc2ccc(-c3c(C#C[Si](C)(C)C)ccc(C4CCC(=O)NC4=O)c3Cl)cc2)n1. The van der Waals surface area contributed by atoms with E-state index in [9.17, 15) is 9.59 Å². The fourth-order valence-electron chi connectivity index (χ4n) is 3.91. The van der Waals surface area contributed by atoms with Gasteiger partial charge in [0.2, 0.25) is 11.8 Å². The van der Waals surface area contributed by atoms with Crippen LogP contribution in [0.25, 0.3) is 11.1 Å². The quantitative estimate of drug-likeness (QED) is 0.298. The van der Waals surface area contributed by atoms with Gasteiger partial charge in [-0.3, -0.25) is 19.6 Å². The van der Waals surface area contributed by atoms with E-state index in [-0.39, 0.29) is 11.8 Å². The predicted octanol–water partition coefficient (Wildman–Crippen LogP) is 5.07. The molecule has 8 heteroatoms. The van der Waals surface area contributed by atoms with E-state index < -0.39 is 14.0 Å². The number of halogens is 1. The first-order valence-electron chi connectivity index (χ1n) is 11.5. The van der Waals surface area contributed by atoms with Crippen LogP contribution in [0.1, 0.15) is 35.6 Å². The second kappa shape index (κ2) is 10.1. The highest BCUT2D eigenvalue weighted by molar-refractivity contribution is 6.83. The van der Waals surface area contributed by atoms with Crippen molar-refractivity contribution < 1.29 is 14.3 Å². The molecule has 0 spiro atoms. The minimum Gasteiger partial charge on any atom is -0.487 e. The Morgan fingerprint density at radius 2 is 1.89 bits per heavy atom. The highest BCUT2D eigenvalue weighted by Crippen LogP contribution is 2.39. The number of nitrogens with zero attached hydrogens (tertiary/aromatic N) is 2. The van der Waals surface area contributed by atoms with Gasteiger partial charge in [-0.25, -0.2) is 0 Å². The van der Waals surface area contributed by atoms with Gasteiger partial charge in [-0.05, 0) is 41.8 Å². The topological polar surface area (TPSA) is 73.2 Å². The molecule has 0 bridgehead atoms. The Labute approximate surface area is 211 Å². The Balaban J connectivity index is 1.69. The van der Waals surface area contributed by atoms with E-state index in [0.717, 1.165) is 22.4 Å².